The molecule has 2 heterocycles. The molecule has 0 saturated carbocycles. The van der Waals surface area contributed by atoms with E-state index in [4.69, 9.17) is 11.6 Å². The van der Waals surface area contributed by atoms with Crippen LogP contribution < -0.4 is 4.90 Å². The number of carbonyl (C=O) groups is 2. The van der Waals surface area contributed by atoms with E-state index in [1.54, 1.807) is 53.4 Å². The SMILES string of the molecule is CN1CCN(C(=O)c2ccc3c(c2)N(Cc2cccc(Cl)c2)C(=O)c2ccccc2[S@]3=O)CC1. The van der Waals surface area contributed by atoms with Gasteiger partial charge in [-0.15, -0.1) is 0 Å². The van der Waals surface area contributed by atoms with Gasteiger partial charge in [0.15, 0.2) is 0 Å². The van der Waals surface area contributed by atoms with Crippen LogP contribution in [-0.4, -0.2) is 59.0 Å². The Labute approximate surface area is 206 Å². The average molecular weight is 494 g/mol. The first-order valence-corrected chi connectivity index (χ1v) is 12.6. The second kappa shape index (κ2) is 9.33. The number of hydrogen-bond donors (Lipinski definition) is 0. The van der Waals surface area contributed by atoms with Crippen molar-refractivity contribution in [3.8, 4) is 0 Å². The lowest BCUT2D eigenvalue weighted by Gasteiger charge is -2.32. The first-order chi connectivity index (χ1) is 16.4. The summed E-state index contributed by atoms with van der Waals surface area (Å²) < 4.78 is 13.6. The number of rotatable bonds is 3. The van der Waals surface area contributed by atoms with Gasteiger partial charge in [0.2, 0.25) is 0 Å². The maximum Gasteiger partial charge on any atom is 0.259 e. The first kappa shape index (κ1) is 22.8. The highest BCUT2D eigenvalue weighted by Crippen LogP contribution is 2.36. The highest BCUT2D eigenvalue weighted by molar-refractivity contribution is 7.85. The molecule has 1 atom stereocenters. The number of fused-ring (bicyclic) bond motifs is 2. The summed E-state index contributed by atoms with van der Waals surface area (Å²) in [5.74, 6) is -0.342. The van der Waals surface area contributed by atoms with Gasteiger partial charge >= 0.3 is 0 Å². The zero-order valence-electron chi connectivity index (χ0n) is 18.7. The van der Waals surface area contributed by atoms with E-state index in [9.17, 15) is 13.8 Å². The van der Waals surface area contributed by atoms with Crippen molar-refractivity contribution in [1.29, 1.82) is 0 Å². The van der Waals surface area contributed by atoms with Crippen LogP contribution in [0.3, 0.4) is 0 Å². The predicted molar refractivity (Wildman–Crippen MR) is 133 cm³/mol. The largest absolute Gasteiger partial charge is 0.336 e. The fraction of sp³-hybridized carbons (Fsp3) is 0.231. The maximum absolute atomic E-state index is 13.7. The smallest absolute Gasteiger partial charge is 0.259 e. The van der Waals surface area contributed by atoms with Crippen LogP contribution in [0.1, 0.15) is 26.3 Å². The van der Waals surface area contributed by atoms with Gasteiger partial charge in [-0.3, -0.25) is 9.59 Å². The Bertz CT molecular complexity index is 1300. The molecule has 1 saturated heterocycles. The van der Waals surface area contributed by atoms with Crippen molar-refractivity contribution in [3.63, 3.8) is 0 Å². The van der Waals surface area contributed by atoms with E-state index in [1.165, 1.54) is 0 Å². The first-order valence-electron chi connectivity index (χ1n) is 11.1. The minimum Gasteiger partial charge on any atom is -0.336 e. The normalized spacial score (nSPS) is 18.3. The number of nitrogens with zero attached hydrogens (tertiary/aromatic N) is 3. The topological polar surface area (TPSA) is 60.9 Å². The summed E-state index contributed by atoms with van der Waals surface area (Å²) in [6, 6.07) is 19.4. The number of carbonyl (C=O) groups excluding carboxylic acids is 2. The standard InChI is InChI=1S/C26H24ClN3O3S/c1-28-11-13-29(14-12-28)25(31)19-9-10-24-22(16-19)30(17-18-5-4-6-20(27)15-18)26(32)21-7-2-3-8-23(21)34(24)33/h2-10,15-16H,11-14,17H2,1H3/t34-/m1/s1. The Morgan fingerprint density at radius 3 is 2.47 bits per heavy atom. The number of likely N-dealkylation sites (N-methyl/N-ethyl adjacent to an activating group) is 1. The van der Waals surface area contributed by atoms with Crippen LogP contribution in [0, 0.1) is 0 Å². The zero-order chi connectivity index (χ0) is 23.8. The van der Waals surface area contributed by atoms with E-state index in [1.807, 2.05) is 30.1 Å². The molecule has 0 aromatic heterocycles. The number of piperazine rings is 1. The van der Waals surface area contributed by atoms with Crippen molar-refractivity contribution >= 4 is 39.9 Å². The quantitative estimate of drug-likeness (QED) is 0.552. The van der Waals surface area contributed by atoms with E-state index in [0.717, 1.165) is 18.7 Å². The van der Waals surface area contributed by atoms with Crippen LogP contribution in [0.25, 0.3) is 0 Å². The lowest BCUT2D eigenvalue weighted by molar-refractivity contribution is 0.0663. The summed E-state index contributed by atoms with van der Waals surface area (Å²) in [5.41, 5.74) is 2.20. The Kier molecular flexibility index (Phi) is 6.25. The van der Waals surface area contributed by atoms with E-state index >= 15 is 0 Å². The number of anilines is 1. The third-order valence-corrected chi connectivity index (χ3v) is 8.01. The molecule has 2 amide bonds. The Morgan fingerprint density at radius 1 is 0.941 bits per heavy atom. The predicted octanol–water partition coefficient (Wildman–Crippen LogP) is 4.05. The highest BCUT2D eigenvalue weighted by atomic mass is 35.5. The molecule has 1 fully saturated rings. The Morgan fingerprint density at radius 2 is 1.71 bits per heavy atom. The third kappa shape index (κ3) is 4.27. The molecule has 0 radical (unpaired) electrons. The molecular formula is C26H24ClN3O3S. The van der Waals surface area contributed by atoms with Gasteiger partial charge in [0, 0.05) is 36.8 Å². The van der Waals surface area contributed by atoms with E-state index in [2.05, 4.69) is 4.90 Å². The molecule has 34 heavy (non-hydrogen) atoms. The Balaban J connectivity index is 1.60. The number of hydrogen-bond acceptors (Lipinski definition) is 4. The summed E-state index contributed by atoms with van der Waals surface area (Å²) in [4.78, 5) is 33.6. The monoisotopic (exact) mass is 493 g/mol. The van der Waals surface area contributed by atoms with Gasteiger partial charge in [0.1, 0.15) is 0 Å². The second-order valence-electron chi connectivity index (χ2n) is 8.56. The van der Waals surface area contributed by atoms with Gasteiger partial charge in [-0.2, -0.15) is 0 Å². The van der Waals surface area contributed by atoms with E-state index < -0.39 is 10.8 Å². The van der Waals surface area contributed by atoms with Crippen LogP contribution in [0.4, 0.5) is 5.69 Å². The summed E-state index contributed by atoms with van der Waals surface area (Å²) in [6.45, 7) is 3.17. The third-order valence-electron chi connectivity index (χ3n) is 6.28. The van der Waals surface area contributed by atoms with Crippen molar-refractivity contribution in [3.05, 3.63) is 88.4 Å². The van der Waals surface area contributed by atoms with E-state index in [-0.39, 0.29) is 18.4 Å². The zero-order valence-corrected chi connectivity index (χ0v) is 20.3. The molecule has 5 rings (SSSR count). The molecule has 0 aliphatic carbocycles. The van der Waals surface area contributed by atoms with Crippen molar-refractivity contribution in [1.82, 2.24) is 9.80 Å². The molecule has 0 unspecified atom stereocenters. The molecule has 8 heteroatoms. The van der Waals surface area contributed by atoms with Crippen LogP contribution >= 0.6 is 11.6 Å². The van der Waals surface area contributed by atoms with E-state index in [0.29, 0.717) is 44.7 Å². The lowest BCUT2D eigenvalue weighted by Crippen LogP contribution is -2.47. The average Bonchev–Trinajstić information content (AvgIpc) is 2.93. The second-order valence-corrected chi connectivity index (χ2v) is 10.4. The number of benzene rings is 3. The maximum atomic E-state index is 13.7. The minimum atomic E-state index is -1.56. The summed E-state index contributed by atoms with van der Waals surface area (Å²) >= 11 is 6.19. The number of halogens is 1. The summed E-state index contributed by atoms with van der Waals surface area (Å²) in [7, 11) is 0.476. The molecule has 0 spiro atoms. The summed E-state index contributed by atoms with van der Waals surface area (Å²) in [5, 5.41) is 0.572. The fourth-order valence-electron chi connectivity index (χ4n) is 4.36. The van der Waals surface area contributed by atoms with Crippen molar-refractivity contribution < 1.29 is 13.8 Å². The van der Waals surface area contributed by atoms with Crippen LogP contribution in [0.15, 0.2) is 76.5 Å². The van der Waals surface area contributed by atoms with Crippen molar-refractivity contribution in [2.24, 2.45) is 0 Å². The van der Waals surface area contributed by atoms with Crippen LogP contribution in [0.2, 0.25) is 5.02 Å². The lowest BCUT2D eigenvalue weighted by atomic mass is 10.1. The molecule has 0 bridgehead atoms. The minimum absolute atomic E-state index is 0.0846. The Hall–Kier alpha value is -3.00. The van der Waals surface area contributed by atoms with Gasteiger partial charge < -0.3 is 14.7 Å². The fourth-order valence-corrected chi connectivity index (χ4v) is 5.92. The van der Waals surface area contributed by atoms with Gasteiger partial charge in [0.25, 0.3) is 11.8 Å². The molecular weight excluding hydrogens is 470 g/mol. The van der Waals surface area contributed by atoms with Gasteiger partial charge in [-0.25, -0.2) is 4.21 Å². The molecule has 2 aliphatic heterocycles. The number of amides is 2. The van der Waals surface area contributed by atoms with Crippen LogP contribution in [-0.2, 0) is 17.3 Å². The molecule has 6 nitrogen and oxygen atoms in total. The van der Waals surface area contributed by atoms with Crippen LogP contribution in [0.5, 0.6) is 0 Å². The van der Waals surface area contributed by atoms with Gasteiger partial charge in [-0.05, 0) is 55.1 Å². The summed E-state index contributed by atoms with van der Waals surface area (Å²) in [6.07, 6.45) is 0. The van der Waals surface area contributed by atoms with Gasteiger partial charge in [-0.1, -0.05) is 35.9 Å². The van der Waals surface area contributed by atoms with Crippen molar-refractivity contribution in [2.75, 3.05) is 38.1 Å². The molecule has 0 N–H and O–H groups in total. The molecule has 2 aliphatic rings. The highest BCUT2D eigenvalue weighted by Gasteiger charge is 2.32. The molecule has 174 valence electrons. The van der Waals surface area contributed by atoms with Crippen molar-refractivity contribution in [2.45, 2.75) is 16.3 Å². The van der Waals surface area contributed by atoms with Gasteiger partial charge in [0.05, 0.1) is 38.4 Å². The molecule has 3 aromatic rings. The molecule has 3 aromatic carbocycles.